The monoisotopic (exact) mass is 257 g/mol. The molecule has 1 fully saturated rings. The normalized spacial score (nSPS) is 20.0. The van der Waals surface area contributed by atoms with Crippen molar-refractivity contribution < 1.29 is 5.11 Å². The highest BCUT2D eigenvalue weighted by atomic mass is 16.3. The maximum atomic E-state index is 9.00. The zero-order valence-corrected chi connectivity index (χ0v) is 12.4. The van der Waals surface area contributed by atoms with E-state index >= 15 is 0 Å². The molecular formula is C14H31N3O. The summed E-state index contributed by atoms with van der Waals surface area (Å²) in [5.74, 6) is 0. The van der Waals surface area contributed by atoms with E-state index in [2.05, 4.69) is 35.9 Å². The van der Waals surface area contributed by atoms with E-state index in [-0.39, 0.29) is 6.61 Å². The minimum atomic E-state index is 0.284. The second kappa shape index (κ2) is 8.10. The van der Waals surface area contributed by atoms with Crippen LogP contribution in [0.4, 0.5) is 0 Å². The van der Waals surface area contributed by atoms with E-state index in [1.165, 1.54) is 13.0 Å². The van der Waals surface area contributed by atoms with Crippen molar-refractivity contribution in [1.29, 1.82) is 0 Å². The fourth-order valence-electron chi connectivity index (χ4n) is 2.67. The van der Waals surface area contributed by atoms with Gasteiger partial charge < -0.3 is 15.3 Å². The van der Waals surface area contributed by atoms with E-state index in [1.54, 1.807) is 0 Å². The second-order valence-electron chi connectivity index (χ2n) is 6.14. The molecule has 0 aromatic rings. The third-order valence-electron chi connectivity index (χ3n) is 3.60. The Morgan fingerprint density at radius 2 is 1.78 bits per heavy atom. The lowest BCUT2D eigenvalue weighted by Gasteiger charge is -2.32. The van der Waals surface area contributed by atoms with Crippen LogP contribution in [0, 0.1) is 5.41 Å². The minimum absolute atomic E-state index is 0.284. The summed E-state index contributed by atoms with van der Waals surface area (Å²) in [7, 11) is 0. The summed E-state index contributed by atoms with van der Waals surface area (Å²) >= 11 is 0. The van der Waals surface area contributed by atoms with Crippen LogP contribution in [-0.4, -0.2) is 73.9 Å². The largest absolute Gasteiger partial charge is 0.395 e. The summed E-state index contributed by atoms with van der Waals surface area (Å²) < 4.78 is 0. The predicted octanol–water partition coefficient (Wildman–Crippen LogP) is 0.622. The smallest absolute Gasteiger partial charge is 0.0558 e. The fourth-order valence-corrected chi connectivity index (χ4v) is 2.67. The standard InChI is InChI=1S/C14H31N3O/c1-4-15-12-14(2,3)13-17-7-5-6-16(8-9-17)10-11-18/h15,18H,4-13H2,1-3H3. The molecule has 1 rings (SSSR count). The molecule has 0 amide bonds. The van der Waals surface area contributed by atoms with Gasteiger partial charge in [0.1, 0.15) is 0 Å². The Hall–Kier alpha value is -0.160. The molecule has 1 saturated heterocycles. The molecule has 18 heavy (non-hydrogen) atoms. The fraction of sp³-hybridized carbons (Fsp3) is 1.00. The molecule has 0 aliphatic carbocycles. The Bertz CT molecular complexity index is 221. The van der Waals surface area contributed by atoms with Crippen molar-refractivity contribution in [2.45, 2.75) is 27.2 Å². The van der Waals surface area contributed by atoms with E-state index < -0.39 is 0 Å². The van der Waals surface area contributed by atoms with E-state index in [4.69, 9.17) is 5.11 Å². The van der Waals surface area contributed by atoms with Crippen LogP contribution in [-0.2, 0) is 0 Å². The van der Waals surface area contributed by atoms with Crippen molar-refractivity contribution in [3.63, 3.8) is 0 Å². The molecule has 0 atom stereocenters. The maximum Gasteiger partial charge on any atom is 0.0558 e. The Kier molecular flexibility index (Phi) is 7.15. The molecule has 4 heteroatoms. The highest BCUT2D eigenvalue weighted by Crippen LogP contribution is 2.17. The van der Waals surface area contributed by atoms with Crippen LogP contribution in [0.5, 0.6) is 0 Å². The van der Waals surface area contributed by atoms with Gasteiger partial charge in [0.15, 0.2) is 0 Å². The molecule has 1 aliphatic heterocycles. The Morgan fingerprint density at radius 3 is 2.44 bits per heavy atom. The molecule has 0 radical (unpaired) electrons. The molecule has 0 spiro atoms. The van der Waals surface area contributed by atoms with Gasteiger partial charge in [-0.2, -0.15) is 0 Å². The first-order valence-corrected chi connectivity index (χ1v) is 7.33. The molecule has 0 saturated carbocycles. The Labute approximate surface area is 112 Å². The Balaban J connectivity index is 2.34. The molecule has 4 nitrogen and oxygen atoms in total. The minimum Gasteiger partial charge on any atom is -0.395 e. The molecule has 1 aliphatic rings. The zero-order chi connectivity index (χ0) is 13.4. The maximum absolute atomic E-state index is 9.00. The summed E-state index contributed by atoms with van der Waals surface area (Å²) in [5.41, 5.74) is 0.335. The van der Waals surface area contributed by atoms with Crippen molar-refractivity contribution in [2.75, 3.05) is 59.0 Å². The Morgan fingerprint density at radius 1 is 1.11 bits per heavy atom. The van der Waals surface area contributed by atoms with Crippen LogP contribution >= 0.6 is 0 Å². The number of β-amino-alcohol motifs (C(OH)–C–C–N with tert-alkyl or cyclic N) is 1. The van der Waals surface area contributed by atoms with Gasteiger partial charge in [0.05, 0.1) is 6.61 Å². The highest BCUT2D eigenvalue weighted by molar-refractivity contribution is 4.78. The lowest BCUT2D eigenvalue weighted by Crippen LogP contribution is -2.42. The number of aliphatic hydroxyl groups is 1. The number of aliphatic hydroxyl groups excluding tert-OH is 1. The summed E-state index contributed by atoms with van der Waals surface area (Å²) in [6, 6.07) is 0. The molecule has 0 bridgehead atoms. The van der Waals surface area contributed by atoms with Crippen molar-refractivity contribution >= 4 is 0 Å². The summed E-state index contributed by atoms with van der Waals surface area (Å²) in [5, 5.41) is 12.4. The van der Waals surface area contributed by atoms with Crippen LogP contribution < -0.4 is 5.32 Å². The third kappa shape index (κ3) is 6.14. The summed E-state index contributed by atoms with van der Waals surface area (Å²) in [6.45, 7) is 15.8. The first kappa shape index (κ1) is 15.9. The van der Waals surface area contributed by atoms with E-state index in [9.17, 15) is 0 Å². The second-order valence-corrected chi connectivity index (χ2v) is 6.14. The lowest BCUT2D eigenvalue weighted by atomic mass is 9.92. The number of rotatable bonds is 7. The van der Waals surface area contributed by atoms with Crippen molar-refractivity contribution in [3.8, 4) is 0 Å². The van der Waals surface area contributed by atoms with E-state index in [0.717, 1.165) is 45.8 Å². The lowest BCUT2D eigenvalue weighted by molar-refractivity contribution is 0.169. The van der Waals surface area contributed by atoms with Gasteiger partial charge in [0.25, 0.3) is 0 Å². The highest BCUT2D eigenvalue weighted by Gasteiger charge is 2.23. The van der Waals surface area contributed by atoms with Gasteiger partial charge in [-0.15, -0.1) is 0 Å². The SMILES string of the molecule is CCNCC(C)(C)CN1CCCN(CCO)CC1. The predicted molar refractivity (Wildman–Crippen MR) is 76.9 cm³/mol. The third-order valence-corrected chi connectivity index (χ3v) is 3.60. The van der Waals surface area contributed by atoms with Crippen LogP contribution in [0.2, 0.25) is 0 Å². The summed E-state index contributed by atoms with van der Waals surface area (Å²) in [6.07, 6.45) is 1.22. The average molecular weight is 257 g/mol. The van der Waals surface area contributed by atoms with E-state index in [0.29, 0.717) is 5.41 Å². The van der Waals surface area contributed by atoms with Crippen LogP contribution in [0.15, 0.2) is 0 Å². The van der Waals surface area contributed by atoms with Crippen molar-refractivity contribution in [1.82, 2.24) is 15.1 Å². The molecule has 0 aromatic heterocycles. The number of nitrogens with zero attached hydrogens (tertiary/aromatic N) is 2. The van der Waals surface area contributed by atoms with E-state index in [1.807, 2.05) is 0 Å². The van der Waals surface area contributed by atoms with Gasteiger partial charge in [-0.05, 0) is 31.5 Å². The molecule has 0 unspecified atom stereocenters. The van der Waals surface area contributed by atoms with Crippen LogP contribution in [0.25, 0.3) is 0 Å². The molecular weight excluding hydrogens is 226 g/mol. The first-order valence-electron chi connectivity index (χ1n) is 7.33. The average Bonchev–Trinajstić information content (AvgIpc) is 2.53. The van der Waals surface area contributed by atoms with Crippen LogP contribution in [0.3, 0.4) is 0 Å². The topological polar surface area (TPSA) is 38.7 Å². The molecule has 1 heterocycles. The number of hydrogen-bond acceptors (Lipinski definition) is 4. The van der Waals surface area contributed by atoms with Gasteiger partial charge in [-0.1, -0.05) is 20.8 Å². The van der Waals surface area contributed by atoms with Gasteiger partial charge in [-0.3, -0.25) is 4.90 Å². The van der Waals surface area contributed by atoms with Crippen LogP contribution in [0.1, 0.15) is 27.2 Å². The quantitative estimate of drug-likeness (QED) is 0.701. The molecule has 0 aromatic carbocycles. The zero-order valence-electron chi connectivity index (χ0n) is 12.4. The van der Waals surface area contributed by atoms with Gasteiger partial charge in [0, 0.05) is 32.7 Å². The van der Waals surface area contributed by atoms with Crippen molar-refractivity contribution in [3.05, 3.63) is 0 Å². The van der Waals surface area contributed by atoms with Gasteiger partial charge in [0.2, 0.25) is 0 Å². The van der Waals surface area contributed by atoms with Gasteiger partial charge in [-0.25, -0.2) is 0 Å². The molecule has 2 N–H and O–H groups in total. The van der Waals surface area contributed by atoms with Gasteiger partial charge >= 0.3 is 0 Å². The number of nitrogens with one attached hydrogen (secondary N) is 1. The summed E-state index contributed by atoms with van der Waals surface area (Å²) in [4.78, 5) is 4.95. The number of hydrogen-bond donors (Lipinski definition) is 2. The molecule has 108 valence electrons. The van der Waals surface area contributed by atoms with Crippen molar-refractivity contribution in [2.24, 2.45) is 5.41 Å². The first-order chi connectivity index (χ1) is 8.57.